The maximum Gasteiger partial charge on any atom is 0.307 e. The zero-order valence-corrected chi connectivity index (χ0v) is 12.4. The van der Waals surface area contributed by atoms with E-state index in [1.807, 2.05) is 0 Å². The van der Waals surface area contributed by atoms with Gasteiger partial charge in [0.1, 0.15) is 0 Å². The number of hydrogen-bond acceptors (Lipinski definition) is 2. The number of hydrogen-bond donors (Lipinski definition) is 2. The van der Waals surface area contributed by atoms with Crippen LogP contribution in [0.15, 0.2) is 0 Å². The zero-order valence-electron chi connectivity index (χ0n) is 12.4. The molecule has 0 aliphatic heterocycles. The second-order valence-electron chi connectivity index (χ2n) is 6.53. The molecule has 0 aromatic carbocycles. The number of rotatable bonds is 4. The summed E-state index contributed by atoms with van der Waals surface area (Å²) in [5.74, 6) is -1.08. The number of carboxylic acids is 1. The number of nitrogens with one attached hydrogen (secondary N) is 1. The van der Waals surface area contributed by atoms with E-state index in [-0.39, 0.29) is 17.9 Å². The third-order valence-corrected chi connectivity index (χ3v) is 5.15. The van der Waals surface area contributed by atoms with Crippen LogP contribution >= 0.6 is 0 Å². The van der Waals surface area contributed by atoms with Crippen molar-refractivity contribution in [3.05, 3.63) is 0 Å². The molecule has 0 bridgehead atoms. The van der Waals surface area contributed by atoms with E-state index in [1.54, 1.807) is 0 Å². The van der Waals surface area contributed by atoms with Gasteiger partial charge in [-0.2, -0.15) is 0 Å². The summed E-state index contributed by atoms with van der Waals surface area (Å²) >= 11 is 0. The molecule has 2 saturated carbocycles. The van der Waals surface area contributed by atoms with Crippen molar-refractivity contribution in [3.63, 3.8) is 0 Å². The van der Waals surface area contributed by atoms with E-state index in [0.717, 1.165) is 12.8 Å². The Labute approximate surface area is 121 Å². The summed E-state index contributed by atoms with van der Waals surface area (Å²) in [7, 11) is 0. The van der Waals surface area contributed by atoms with Crippen LogP contribution in [0.1, 0.15) is 64.7 Å². The smallest absolute Gasteiger partial charge is 0.307 e. The third-order valence-electron chi connectivity index (χ3n) is 5.15. The van der Waals surface area contributed by atoms with E-state index in [0.29, 0.717) is 12.3 Å². The van der Waals surface area contributed by atoms with E-state index in [1.165, 1.54) is 38.5 Å². The molecule has 0 spiro atoms. The van der Waals surface area contributed by atoms with Crippen LogP contribution in [0.4, 0.5) is 0 Å². The van der Waals surface area contributed by atoms with Crippen molar-refractivity contribution in [2.75, 3.05) is 0 Å². The fourth-order valence-electron chi connectivity index (χ4n) is 3.83. The fraction of sp³-hybridized carbons (Fsp3) is 0.875. The van der Waals surface area contributed by atoms with Crippen LogP contribution in [0.25, 0.3) is 0 Å². The Balaban J connectivity index is 1.88. The summed E-state index contributed by atoms with van der Waals surface area (Å²) in [6, 6.07) is 0.177. The average Bonchev–Trinajstić information content (AvgIpc) is 2.74. The lowest BCUT2D eigenvalue weighted by Crippen LogP contribution is -2.43. The molecule has 20 heavy (non-hydrogen) atoms. The van der Waals surface area contributed by atoms with Gasteiger partial charge in [0, 0.05) is 6.04 Å². The summed E-state index contributed by atoms with van der Waals surface area (Å²) in [6.45, 7) is 2.08. The third kappa shape index (κ3) is 3.74. The molecule has 2 aliphatic carbocycles. The Kier molecular flexibility index (Phi) is 5.44. The lowest BCUT2D eigenvalue weighted by atomic mass is 9.91. The fourth-order valence-corrected chi connectivity index (χ4v) is 3.83. The minimum absolute atomic E-state index is 0.0355. The first-order chi connectivity index (χ1) is 9.59. The summed E-state index contributed by atoms with van der Waals surface area (Å²) in [5.41, 5.74) is 0. The van der Waals surface area contributed by atoms with E-state index in [9.17, 15) is 14.7 Å². The lowest BCUT2D eigenvalue weighted by molar-refractivity contribution is -0.146. The molecule has 0 aromatic heterocycles. The quantitative estimate of drug-likeness (QED) is 0.779. The van der Waals surface area contributed by atoms with Crippen molar-refractivity contribution in [2.24, 2.45) is 17.8 Å². The van der Waals surface area contributed by atoms with Gasteiger partial charge in [-0.15, -0.1) is 0 Å². The second kappa shape index (κ2) is 7.09. The van der Waals surface area contributed by atoms with Crippen LogP contribution in [0.2, 0.25) is 0 Å². The molecule has 0 radical (unpaired) electrons. The number of aliphatic carboxylic acids is 1. The maximum absolute atomic E-state index is 12.3. The predicted octanol–water partition coefficient (Wildman–Crippen LogP) is 2.96. The van der Waals surface area contributed by atoms with Crippen molar-refractivity contribution in [1.82, 2.24) is 5.32 Å². The molecule has 2 N–H and O–H groups in total. The van der Waals surface area contributed by atoms with Gasteiger partial charge in [0.2, 0.25) is 5.91 Å². The Hall–Kier alpha value is -1.06. The maximum atomic E-state index is 12.3. The SMILES string of the molecule is C[C@H](NC(=O)[C@@H]1CCC[C@@H]1C(=O)O)C1CCCCCC1. The minimum Gasteiger partial charge on any atom is -0.481 e. The van der Waals surface area contributed by atoms with Gasteiger partial charge in [-0.05, 0) is 38.5 Å². The first kappa shape index (κ1) is 15.3. The number of carboxylic acid groups (broad SMARTS) is 1. The summed E-state index contributed by atoms with van der Waals surface area (Å²) < 4.78 is 0. The van der Waals surface area contributed by atoms with E-state index in [2.05, 4.69) is 12.2 Å². The Morgan fingerprint density at radius 1 is 0.950 bits per heavy atom. The highest BCUT2D eigenvalue weighted by Crippen LogP contribution is 2.33. The standard InChI is InChI=1S/C16H27NO3/c1-11(12-7-4-2-3-5-8-12)17-15(18)13-9-6-10-14(13)16(19)20/h11-14H,2-10H2,1H3,(H,17,18)(H,19,20)/t11-,13+,14-/m0/s1. The Morgan fingerprint density at radius 3 is 2.15 bits per heavy atom. The Morgan fingerprint density at radius 2 is 1.55 bits per heavy atom. The molecule has 2 aliphatic rings. The molecular weight excluding hydrogens is 254 g/mol. The van der Waals surface area contributed by atoms with Crippen LogP contribution in [0.3, 0.4) is 0 Å². The van der Waals surface area contributed by atoms with Crippen molar-refractivity contribution in [3.8, 4) is 0 Å². The molecule has 0 aromatic rings. The molecule has 3 atom stereocenters. The van der Waals surface area contributed by atoms with Gasteiger partial charge < -0.3 is 10.4 Å². The largest absolute Gasteiger partial charge is 0.481 e. The van der Waals surface area contributed by atoms with Crippen LogP contribution in [-0.4, -0.2) is 23.0 Å². The second-order valence-corrected chi connectivity index (χ2v) is 6.53. The highest BCUT2D eigenvalue weighted by atomic mass is 16.4. The topological polar surface area (TPSA) is 66.4 Å². The van der Waals surface area contributed by atoms with Gasteiger partial charge in [0.25, 0.3) is 0 Å². The predicted molar refractivity (Wildman–Crippen MR) is 77.3 cm³/mol. The van der Waals surface area contributed by atoms with Crippen molar-refractivity contribution < 1.29 is 14.7 Å². The van der Waals surface area contributed by atoms with Gasteiger partial charge in [-0.25, -0.2) is 0 Å². The van der Waals surface area contributed by atoms with Crippen LogP contribution in [0, 0.1) is 17.8 Å². The molecule has 4 nitrogen and oxygen atoms in total. The molecule has 114 valence electrons. The van der Waals surface area contributed by atoms with E-state index in [4.69, 9.17) is 0 Å². The van der Waals surface area contributed by atoms with Crippen molar-refractivity contribution >= 4 is 11.9 Å². The number of carbonyl (C=O) groups excluding carboxylic acids is 1. The lowest BCUT2D eigenvalue weighted by Gasteiger charge is -2.26. The molecule has 0 saturated heterocycles. The van der Waals surface area contributed by atoms with Gasteiger partial charge in [-0.3, -0.25) is 9.59 Å². The van der Waals surface area contributed by atoms with Gasteiger partial charge in [0.15, 0.2) is 0 Å². The monoisotopic (exact) mass is 281 g/mol. The minimum atomic E-state index is -0.815. The molecule has 0 unspecified atom stereocenters. The summed E-state index contributed by atoms with van der Waals surface area (Å²) in [4.78, 5) is 23.5. The molecule has 2 fully saturated rings. The molecule has 1 amide bonds. The van der Waals surface area contributed by atoms with Crippen molar-refractivity contribution in [2.45, 2.75) is 70.8 Å². The molecule has 2 rings (SSSR count). The molecule has 0 heterocycles. The first-order valence-electron chi connectivity index (χ1n) is 8.12. The van der Waals surface area contributed by atoms with Crippen LogP contribution in [-0.2, 0) is 9.59 Å². The Bertz CT molecular complexity index is 348. The first-order valence-corrected chi connectivity index (χ1v) is 8.12. The van der Waals surface area contributed by atoms with E-state index >= 15 is 0 Å². The van der Waals surface area contributed by atoms with Gasteiger partial charge >= 0.3 is 5.97 Å². The highest BCUT2D eigenvalue weighted by Gasteiger charge is 2.38. The number of carbonyl (C=O) groups is 2. The number of amides is 1. The molecular formula is C16H27NO3. The zero-order chi connectivity index (χ0) is 14.5. The average molecular weight is 281 g/mol. The van der Waals surface area contributed by atoms with Crippen LogP contribution < -0.4 is 5.32 Å². The molecule has 4 heteroatoms. The highest BCUT2D eigenvalue weighted by molar-refractivity contribution is 5.85. The van der Waals surface area contributed by atoms with Crippen LogP contribution in [0.5, 0.6) is 0 Å². The van der Waals surface area contributed by atoms with E-state index < -0.39 is 11.9 Å². The van der Waals surface area contributed by atoms with Gasteiger partial charge in [-0.1, -0.05) is 32.1 Å². The van der Waals surface area contributed by atoms with Gasteiger partial charge in [0.05, 0.1) is 11.8 Å². The van der Waals surface area contributed by atoms with Crippen molar-refractivity contribution in [1.29, 1.82) is 0 Å². The summed E-state index contributed by atoms with van der Waals surface area (Å²) in [6.07, 6.45) is 9.72. The normalized spacial score (nSPS) is 29.6. The summed E-state index contributed by atoms with van der Waals surface area (Å²) in [5, 5.41) is 12.3.